The lowest BCUT2D eigenvalue weighted by Gasteiger charge is -1.99. The van der Waals surface area contributed by atoms with Gasteiger partial charge in [0.05, 0.1) is 17.6 Å². The van der Waals surface area contributed by atoms with Gasteiger partial charge in [0.15, 0.2) is 0 Å². The third-order valence-corrected chi connectivity index (χ3v) is 2.70. The Hall–Kier alpha value is -2.62. The van der Waals surface area contributed by atoms with E-state index in [0.717, 1.165) is 11.3 Å². The van der Waals surface area contributed by atoms with Crippen molar-refractivity contribution >= 4 is 17.8 Å². The third kappa shape index (κ3) is 3.19. The van der Waals surface area contributed by atoms with Gasteiger partial charge in [-0.3, -0.25) is 10.1 Å². The van der Waals surface area contributed by atoms with Crippen LogP contribution in [0.15, 0.2) is 48.5 Å². The van der Waals surface area contributed by atoms with Crippen LogP contribution < -0.4 is 4.74 Å². The Kier molecular flexibility index (Phi) is 3.93. The van der Waals surface area contributed by atoms with Gasteiger partial charge in [-0.25, -0.2) is 0 Å². The molecule has 0 aliphatic rings. The lowest BCUT2D eigenvalue weighted by molar-refractivity contribution is -0.385. The largest absolute Gasteiger partial charge is 0.497 e. The van der Waals surface area contributed by atoms with Crippen LogP contribution in [-0.2, 0) is 0 Å². The van der Waals surface area contributed by atoms with Gasteiger partial charge in [-0.05, 0) is 29.8 Å². The first-order valence-corrected chi connectivity index (χ1v) is 5.76. The molecule has 0 amide bonds. The second-order valence-electron chi connectivity index (χ2n) is 3.92. The van der Waals surface area contributed by atoms with E-state index in [1.54, 1.807) is 31.4 Å². The van der Waals surface area contributed by atoms with Gasteiger partial charge in [-0.1, -0.05) is 30.3 Å². The minimum Gasteiger partial charge on any atom is -0.497 e. The van der Waals surface area contributed by atoms with Crippen molar-refractivity contribution in [1.29, 1.82) is 0 Å². The monoisotopic (exact) mass is 255 g/mol. The molecule has 0 spiro atoms. The highest BCUT2D eigenvalue weighted by atomic mass is 16.6. The van der Waals surface area contributed by atoms with Crippen LogP contribution in [0.1, 0.15) is 11.1 Å². The summed E-state index contributed by atoms with van der Waals surface area (Å²) in [7, 11) is 1.61. The molecule has 0 N–H and O–H groups in total. The van der Waals surface area contributed by atoms with Gasteiger partial charge in [-0.2, -0.15) is 0 Å². The molecule has 96 valence electrons. The first-order valence-electron chi connectivity index (χ1n) is 5.76. The summed E-state index contributed by atoms with van der Waals surface area (Å²) >= 11 is 0. The highest BCUT2D eigenvalue weighted by Crippen LogP contribution is 2.20. The minimum atomic E-state index is -0.381. The quantitative estimate of drug-likeness (QED) is 0.474. The van der Waals surface area contributed by atoms with E-state index in [1.165, 1.54) is 6.07 Å². The standard InChI is InChI=1S/C15H13NO3/c1-19-14-10-7-12(8-11-14)6-9-13-4-2-3-5-15(13)16(17)18/h2-11H,1H3/b9-6+. The Balaban J connectivity index is 2.24. The molecule has 0 fully saturated rings. The first-order chi connectivity index (χ1) is 9.20. The van der Waals surface area contributed by atoms with Crippen LogP contribution in [-0.4, -0.2) is 12.0 Å². The molecule has 4 nitrogen and oxygen atoms in total. The van der Waals surface area contributed by atoms with Crippen molar-refractivity contribution in [2.75, 3.05) is 7.11 Å². The van der Waals surface area contributed by atoms with E-state index >= 15 is 0 Å². The fraction of sp³-hybridized carbons (Fsp3) is 0.0667. The van der Waals surface area contributed by atoms with Crippen LogP contribution >= 0.6 is 0 Å². The van der Waals surface area contributed by atoms with Crippen molar-refractivity contribution in [2.45, 2.75) is 0 Å². The number of nitrogens with zero attached hydrogens (tertiary/aromatic N) is 1. The van der Waals surface area contributed by atoms with Crippen LogP contribution in [0.4, 0.5) is 5.69 Å². The van der Waals surface area contributed by atoms with Crippen LogP contribution in [0, 0.1) is 10.1 Å². The number of ether oxygens (including phenoxy) is 1. The number of methoxy groups -OCH3 is 1. The van der Waals surface area contributed by atoms with Gasteiger partial charge in [0.25, 0.3) is 5.69 Å². The van der Waals surface area contributed by atoms with Crippen molar-refractivity contribution in [3.05, 3.63) is 69.8 Å². The van der Waals surface area contributed by atoms with Crippen molar-refractivity contribution < 1.29 is 9.66 Å². The number of para-hydroxylation sites is 1. The Morgan fingerprint density at radius 3 is 2.37 bits per heavy atom. The SMILES string of the molecule is COc1ccc(/C=C/c2ccccc2[N+](=O)[O-])cc1. The minimum absolute atomic E-state index is 0.104. The summed E-state index contributed by atoms with van der Waals surface area (Å²) in [6.45, 7) is 0. The van der Waals surface area contributed by atoms with Crippen molar-refractivity contribution in [3.63, 3.8) is 0 Å². The Morgan fingerprint density at radius 2 is 1.74 bits per heavy atom. The molecule has 0 aromatic heterocycles. The number of benzene rings is 2. The highest BCUT2D eigenvalue weighted by Gasteiger charge is 2.08. The Bertz CT molecular complexity index is 603. The van der Waals surface area contributed by atoms with Crippen LogP contribution in [0.3, 0.4) is 0 Å². The summed E-state index contributed by atoms with van der Waals surface area (Å²) in [5.74, 6) is 0.780. The average molecular weight is 255 g/mol. The van der Waals surface area contributed by atoms with E-state index in [1.807, 2.05) is 30.3 Å². The van der Waals surface area contributed by atoms with Gasteiger partial charge in [0.2, 0.25) is 0 Å². The lowest BCUT2D eigenvalue weighted by atomic mass is 10.1. The van der Waals surface area contributed by atoms with Gasteiger partial charge in [0, 0.05) is 6.07 Å². The van der Waals surface area contributed by atoms with Crippen LogP contribution in [0.2, 0.25) is 0 Å². The third-order valence-electron chi connectivity index (χ3n) is 2.70. The highest BCUT2D eigenvalue weighted by molar-refractivity contribution is 5.74. The predicted molar refractivity (Wildman–Crippen MR) is 75.0 cm³/mol. The second kappa shape index (κ2) is 5.82. The molecule has 0 unspecified atom stereocenters. The van der Waals surface area contributed by atoms with E-state index in [2.05, 4.69) is 0 Å². The molecule has 2 aromatic rings. The molecule has 0 saturated carbocycles. The molecular weight excluding hydrogens is 242 g/mol. The second-order valence-corrected chi connectivity index (χ2v) is 3.92. The average Bonchev–Trinajstić information content (AvgIpc) is 2.46. The molecule has 0 atom stereocenters. The van der Waals surface area contributed by atoms with E-state index in [-0.39, 0.29) is 10.6 Å². The van der Waals surface area contributed by atoms with Crippen LogP contribution in [0.5, 0.6) is 5.75 Å². The summed E-state index contributed by atoms with van der Waals surface area (Å²) in [6, 6.07) is 14.1. The smallest absolute Gasteiger partial charge is 0.276 e. The molecule has 0 radical (unpaired) electrons. The maximum absolute atomic E-state index is 10.9. The van der Waals surface area contributed by atoms with E-state index < -0.39 is 0 Å². The fourth-order valence-corrected chi connectivity index (χ4v) is 1.70. The molecule has 0 aliphatic carbocycles. The van der Waals surface area contributed by atoms with E-state index in [0.29, 0.717) is 5.56 Å². The zero-order chi connectivity index (χ0) is 13.7. The molecule has 0 bridgehead atoms. The van der Waals surface area contributed by atoms with Gasteiger partial charge >= 0.3 is 0 Å². The van der Waals surface area contributed by atoms with Crippen molar-refractivity contribution in [2.24, 2.45) is 0 Å². The van der Waals surface area contributed by atoms with E-state index in [9.17, 15) is 10.1 Å². The van der Waals surface area contributed by atoms with Gasteiger partial charge < -0.3 is 4.74 Å². The Labute approximate surface area is 111 Å². The molecule has 2 rings (SSSR count). The molecule has 19 heavy (non-hydrogen) atoms. The van der Waals surface area contributed by atoms with Crippen molar-refractivity contribution in [3.8, 4) is 5.75 Å². The number of nitro benzene ring substituents is 1. The van der Waals surface area contributed by atoms with Gasteiger partial charge in [-0.15, -0.1) is 0 Å². The summed E-state index contributed by atoms with van der Waals surface area (Å²) in [6.07, 6.45) is 3.57. The lowest BCUT2D eigenvalue weighted by Crippen LogP contribution is -1.90. The summed E-state index contributed by atoms with van der Waals surface area (Å²) in [5, 5.41) is 10.9. The molecule has 0 aliphatic heterocycles. The number of nitro groups is 1. The molecule has 4 heteroatoms. The summed E-state index contributed by atoms with van der Waals surface area (Å²) in [5.41, 5.74) is 1.65. The molecular formula is C15H13NO3. The number of hydrogen-bond acceptors (Lipinski definition) is 3. The molecule has 0 saturated heterocycles. The normalized spacial score (nSPS) is 10.6. The maximum Gasteiger partial charge on any atom is 0.276 e. The summed E-state index contributed by atoms with van der Waals surface area (Å²) in [4.78, 5) is 10.5. The van der Waals surface area contributed by atoms with E-state index in [4.69, 9.17) is 4.74 Å². The van der Waals surface area contributed by atoms with Crippen molar-refractivity contribution in [1.82, 2.24) is 0 Å². The first kappa shape index (κ1) is 12.8. The zero-order valence-corrected chi connectivity index (χ0v) is 10.4. The Morgan fingerprint density at radius 1 is 1.05 bits per heavy atom. The summed E-state index contributed by atoms with van der Waals surface area (Å²) < 4.78 is 5.07. The number of rotatable bonds is 4. The maximum atomic E-state index is 10.9. The number of hydrogen-bond donors (Lipinski definition) is 0. The van der Waals surface area contributed by atoms with Crippen LogP contribution in [0.25, 0.3) is 12.2 Å². The predicted octanol–water partition coefficient (Wildman–Crippen LogP) is 3.77. The van der Waals surface area contributed by atoms with Gasteiger partial charge in [0.1, 0.15) is 5.75 Å². The zero-order valence-electron chi connectivity index (χ0n) is 10.4. The topological polar surface area (TPSA) is 52.4 Å². The molecule has 2 aromatic carbocycles. The molecule has 0 heterocycles. The fourth-order valence-electron chi connectivity index (χ4n) is 1.70.